The Morgan fingerprint density at radius 3 is 2.64 bits per heavy atom. The minimum Gasteiger partial charge on any atom is -0.384 e. The van der Waals surface area contributed by atoms with Gasteiger partial charge in [0.2, 0.25) is 0 Å². The van der Waals surface area contributed by atoms with Gasteiger partial charge in [0.1, 0.15) is 5.82 Å². The highest BCUT2D eigenvalue weighted by Crippen LogP contribution is 2.13. The van der Waals surface area contributed by atoms with E-state index < -0.39 is 0 Å². The van der Waals surface area contributed by atoms with Gasteiger partial charge in [0.05, 0.1) is 6.20 Å². The fourth-order valence-electron chi connectivity index (χ4n) is 1.09. The summed E-state index contributed by atoms with van der Waals surface area (Å²) >= 11 is 0. The first-order chi connectivity index (χ1) is 5.11. The molecule has 0 aliphatic heterocycles. The maximum Gasteiger partial charge on any atom is 0.124 e. The smallest absolute Gasteiger partial charge is 0.124 e. The highest BCUT2D eigenvalue weighted by molar-refractivity contribution is 5.38. The third kappa shape index (κ3) is 1.73. The largest absolute Gasteiger partial charge is 0.384 e. The fraction of sp³-hybridized carbons (Fsp3) is 0.625. The van der Waals surface area contributed by atoms with Gasteiger partial charge in [-0.3, -0.25) is 4.68 Å². The van der Waals surface area contributed by atoms with E-state index in [4.69, 9.17) is 5.73 Å². The zero-order valence-electron chi connectivity index (χ0n) is 7.33. The molecule has 0 bridgehead atoms. The molecule has 0 fully saturated rings. The van der Waals surface area contributed by atoms with Gasteiger partial charge in [0, 0.05) is 12.6 Å². The maximum atomic E-state index is 5.75. The van der Waals surface area contributed by atoms with Crippen LogP contribution in [0.25, 0.3) is 0 Å². The molecule has 62 valence electrons. The lowest BCUT2D eigenvalue weighted by Crippen LogP contribution is -2.01. The Morgan fingerprint density at radius 1 is 1.64 bits per heavy atom. The van der Waals surface area contributed by atoms with Crippen LogP contribution < -0.4 is 5.73 Å². The molecule has 3 nitrogen and oxygen atoms in total. The van der Waals surface area contributed by atoms with Gasteiger partial charge in [-0.1, -0.05) is 13.8 Å². The molecule has 0 saturated heterocycles. The van der Waals surface area contributed by atoms with Crippen LogP contribution in [-0.2, 0) is 13.5 Å². The van der Waals surface area contributed by atoms with Crippen molar-refractivity contribution in [1.82, 2.24) is 9.78 Å². The summed E-state index contributed by atoms with van der Waals surface area (Å²) < 4.78 is 1.71. The summed E-state index contributed by atoms with van der Waals surface area (Å²) in [6.07, 6.45) is 2.86. The molecule has 1 aromatic rings. The number of rotatable bonds is 2. The fourth-order valence-corrected chi connectivity index (χ4v) is 1.09. The van der Waals surface area contributed by atoms with Gasteiger partial charge in [-0.2, -0.15) is 5.10 Å². The van der Waals surface area contributed by atoms with Crippen molar-refractivity contribution in [1.29, 1.82) is 0 Å². The van der Waals surface area contributed by atoms with E-state index in [2.05, 4.69) is 18.9 Å². The van der Waals surface area contributed by atoms with Crippen molar-refractivity contribution < 1.29 is 0 Å². The third-order valence-electron chi connectivity index (χ3n) is 1.69. The minimum atomic E-state index is 0.640. The van der Waals surface area contributed by atoms with Crippen LogP contribution in [0.2, 0.25) is 0 Å². The summed E-state index contributed by atoms with van der Waals surface area (Å²) in [6, 6.07) is 0. The van der Waals surface area contributed by atoms with Gasteiger partial charge in [0.15, 0.2) is 0 Å². The zero-order valence-corrected chi connectivity index (χ0v) is 7.33. The van der Waals surface area contributed by atoms with Crippen LogP contribution in [0.4, 0.5) is 5.82 Å². The highest BCUT2D eigenvalue weighted by atomic mass is 15.3. The molecule has 0 aromatic carbocycles. The first-order valence-corrected chi connectivity index (χ1v) is 3.87. The molecule has 0 radical (unpaired) electrons. The van der Waals surface area contributed by atoms with Crippen molar-refractivity contribution in [3.05, 3.63) is 11.8 Å². The van der Waals surface area contributed by atoms with E-state index in [1.54, 1.807) is 4.68 Å². The van der Waals surface area contributed by atoms with Gasteiger partial charge < -0.3 is 5.73 Å². The Bertz CT molecular complexity index is 237. The Hall–Kier alpha value is -0.990. The summed E-state index contributed by atoms with van der Waals surface area (Å²) in [6.45, 7) is 4.35. The number of anilines is 1. The molecule has 0 aliphatic rings. The van der Waals surface area contributed by atoms with Crippen LogP contribution in [0, 0.1) is 5.92 Å². The molecule has 2 N–H and O–H groups in total. The normalized spacial score (nSPS) is 10.9. The molecule has 1 heterocycles. The summed E-state index contributed by atoms with van der Waals surface area (Å²) in [5.74, 6) is 1.43. The number of nitrogens with zero attached hydrogens (tertiary/aromatic N) is 2. The number of aryl methyl sites for hydroxylation is 1. The lowest BCUT2D eigenvalue weighted by Gasteiger charge is -2.02. The van der Waals surface area contributed by atoms with Crippen molar-refractivity contribution in [2.45, 2.75) is 20.3 Å². The molecule has 1 rings (SSSR count). The SMILES string of the molecule is CC(C)Cc1cnn(C)c1N. The average molecular weight is 153 g/mol. The predicted octanol–water partition coefficient (Wildman–Crippen LogP) is 1.20. The van der Waals surface area contributed by atoms with Gasteiger partial charge in [-0.05, 0) is 12.3 Å². The van der Waals surface area contributed by atoms with Crippen LogP contribution in [0.3, 0.4) is 0 Å². The van der Waals surface area contributed by atoms with E-state index in [-0.39, 0.29) is 0 Å². The molecule has 1 aromatic heterocycles. The number of hydrogen-bond acceptors (Lipinski definition) is 2. The third-order valence-corrected chi connectivity index (χ3v) is 1.69. The summed E-state index contributed by atoms with van der Waals surface area (Å²) in [7, 11) is 1.86. The van der Waals surface area contributed by atoms with Gasteiger partial charge in [-0.15, -0.1) is 0 Å². The van der Waals surface area contributed by atoms with Crippen LogP contribution >= 0.6 is 0 Å². The number of hydrogen-bond donors (Lipinski definition) is 1. The topological polar surface area (TPSA) is 43.8 Å². The second-order valence-corrected chi connectivity index (χ2v) is 3.28. The highest BCUT2D eigenvalue weighted by Gasteiger charge is 2.05. The van der Waals surface area contributed by atoms with E-state index in [0.29, 0.717) is 5.92 Å². The zero-order chi connectivity index (χ0) is 8.43. The van der Waals surface area contributed by atoms with Crippen molar-refractivity contribution in [3.8, 4) is 0 Å². The van der Waals surface area contributed by atoms with Gasteiger partial charge in [0.25, 0.3) is 0 Å². The lowest BCUT2D eigenvalue weighted by molar-refractivity contribution is 0.648. The van der Waals surface area contributed by atoms with Crippen LogP contribution in [0.5, 0.6) is 0 Å². The molecule has 0 spiro atoms. The van der Waals surface area contributed by atoms with Crippen molar-refractivity contribution in [2.75, 3.05) is 5.73 Å². The van der Waals surface area contributed by atoms with E-state index in [9.17, 15) is 0 Å². The molecule has 3 heteroatoms. The van der Waals surface area contributed by atoms with E-state index in [0.717, 1.165) is 17.8 Å². The number of aromatic nitrogens is 2. The van der Waals surface area contributed by atoms with Crippen molar-refractivity contribution in [2.24, 2.45) is 13.0 Å². The first kappa shape index (κ1) is 8.11. The molecule has 0 aliphatic carbocycles. The molecule has 0 unspecified atom stereocenters. The number of nitrogens with two attached hydrogens (primary N) is 1. The van der Waals surface area contributed by atoms with Crippen LogP contribution in [-0.4, -0.2) is 9.78 Å². The van der Waals surface area contributed by atoms with Crippen LogP contribution in [0.15, 0.2) is 6.20 Å². The Morgan fingerprint density at radius 2 is 2.27 bits per heavy atom. The Balaban J connectivity index is 2.79. The minimum absolute atomic E-state index is 0.640. The van der Waals surface area contributed by atoms with E-state index in [1.165, 1.54) is 0 Å². The lowest BCUT2D eigenvalue weighted by atomic mass is 10.1. The molecular formula is C8H15N3. The summed E-state index contributed by atoms with van der Waals surface area (Å²) in [4.78, 5) is 0. The monoisotopic (exact) mass is 153 g/mol. The quantitative estimate of drug-likeness (QED) is 0.693. The first-order valence-electron chi connectivity index (χ1n) is 3.87. The Kier molecular flexibility index (Phi) is 2.17. The van der Waals surface area contributed by atoms with Gasteiger partial charge in [-0.25, -0.2) is 0 Å². The standard InChI is InChI=1S/C8H15N3/c1-6(2)4-7-5-10-11(3)8(7)9/h5-6H,4,9H2,1-3H3. The molecular weight excluding hydrogens is 138 g/mol. The molecule has 0 atom stereocenters. The number of nitrogen functional groups attached to an aromatic ring is 1. The van der Waals surface area contributed by atoms with E-state index >= 15 is 0 Å². The summed E-state index contributed by atoms with van der Waals surface area (Å²) in [5.41, 5.74) is 6.91. The van der Waals surface area contributed by atoms with E-state index in [1.807, 2.05) is 13.2 Å². The molecule has 0 saturated carbocycles. The predicted molar refractivity (Wildman–Crippen MR) is 46.2 cm³/mol. The molecule has 0 amide bonds. The van der Waals surface area contributed by atoms with Gasteiger partial charge >= 0.3 is 0 Å². The second-order valence-electron chi connectivity index (χ2n) is 3.28. The van der Waals surface area contributed by atoms with Crippen molar-refractivity contribution in [3.63, 3.8) is 0 Å². The van der Waals surface area contributed by atoms with Crippen LogP contribution in [0.1, 0.15) is 19.4 Å². The van der Waals surface area contributed by atoms with Crippen molar-refractivity contribution >= 4 is 5.82 Å². The summed E-state index contributed by atoms with van der Waals surface area (Å²) in [5, 5.41) is 4.06. The maximum absolute atomic E-state index is 5.75. The Labute approximate surface area is 67.2 Å². The molecule has 11 heavy (non-hydrogen) atoms. The average Bonchev–Trinajstić information content (AvgIpc) is 2.18. The second kappa shape index (κ2) is 2.95.